The number of nitrogens with zero attached hydrogens (tertiary/aromatic N) is 1. The van der Waals surface area contributed by atoms with Gasteiger partial charge >= 0.3 is 0 Å². The van der Waals surface area contributed by atoms with Crippen LogP contribution in [0.2, 0.25) is 0 Å². The van der Waals surface area contributed by atoms with E-state index in [4.69, 9.17) is 0 Å². The molecule has 1 fully saturated rings. The van der Waals surface area contributed by atoms with Gasteiger partial charge in [-0.15, -0.1) is 11.3 Å². The average molecular weight is 302 g/mol. The maximum absolute atomic E-state index is 11.7. The summed E-state index contributed by atoms with van der Waals surface area (Å²) in [6.07, 6.45) is 1.51. The van der Waals surface area contributed by atoms with Gasteiger partial charge in [0.15, 0.2) is 9.84 Å². The first-order valence-electron chi connectivity index (χ1n) is 6.28. The standard InChI is InChI=1S/C12H18N2O3S2/c1-8-9(2)18-12(13-8)4-3-11(15)14-10-5-6-19(16,17)7-10/h10H,3-7H2,1-2H3,(H,14,15). The third-order valence-corrected chi connectivity index (χ3v) is 6.14. The molecule has 1 aliphatic rings. The molecule has 1 amide bonds. The van der Waals surface area contributed by atoms with E-state index in [2.05, 4.69) is 10.3 Å². The van der Waals surface area contributed by atoms with Gasteiger partial charge in [-0.3, -0.25) is 4.79 Å². The van der Waals surface area contributed by atoms with Crippen molar-refractivity contribution in [3.63, 3.8) is 0 Å². The van der Waals surface area contributed by atoms with Gasteiger partial charge in [0.25, 0.3) is 0 Å². The number of rotatable bonds is 4. The summed E-state index contributed by atoms with van der Waals surface area (Å²) in [6.45, 7) is 3.97. The Morgan fingerprint density at radius 3 is 2.74 bits per heavy atom. The minimum Gasteiger partial charge on any atom is -0.352 e. The predicted octanol–water partition coefficient (Wildman–Crippen LogP) is 0.996. The fourth-order valence-corrected chi connectivity index (χ4v) is 4.68. The summed E-state index contributed by atoms with van der Waals surface area (Å²) in [5.41, 5.74) is 1.02. The van der Waals surface area contributed by atoms with E-state index in [9.17, 15) is 13.2 Å². The number of thiazole rings is 1. The molecule has 1 aromatic rings. The molecule has 0 aromatic carbocycles. The summed E-state index contributed by atoms with van der Waals surface area (Å²) >= 11 is 1.61. The molecule has 1 saturated heterocycles. The molecule has 0 radical (unpaired) electrons. The van der Waals surface area contributed by atoms with Crippen LogP contribution in [-0.2, 0) is 21.1 Å². The molecule has 0 bridgehead atoms. The first-order valence-corrected chi connectivity index (χ1v) is 8.92. The highest BCUT2D eigenvalue weighted by atomic mass is 32.2. The Kier molecular flexibility index (Phi) is 4.25. The van der Waals surface area contributed by atoms with Crippen LogP contribution in [0, 0.1) is 13.8 Å². The molecule has 0 spiro atoms. The van der Waals surface area contributed by atoms with Gasteiger partial charge in [0, 0.05) is 23.8 Å². The van der Waals surface area contributed by atoms with Crippen LogP contribution < -0.4 is 5.32 Å². The highest BCUT2D eigenvalue weighted by molar-refractivity contribution is 7.91. The fraction of sp³-hybridized carbons (Fsp3) is 0.667. The SMILES string of the molecule is Cc1nc(CCC(=O)NC2CCS(=O)(=O)C2)sc1C. The summed E-state index contributed by atoms with van der Waals surface area (Å²) in [4.78, 5) is 17.3. The van der Waals surface area contributed by atoms with Crippen LogP contribution in [-0.4, -0.2) is 36.9 Å². The summed E-state index contributed by atoms with van der Waals surface area (Å²) in [7, 11) is -2.94. The zero-order chi connectivity index (χ0) is 14.0. The van der Waals surface area contributed by atoms with Gasteiger partial charge in [0.05, 0.1) is 22.2 Å². The quantitative estimate of drug-likeness (QED) is 0.900. The third kappa shape index (κ3) is 4.01. The molecule has 5 nitrogen and oxygen atoms in total. The van der Waals surface area contributed by atoms with Crippen LogP contribution in [0.4, 0.5) is 0 Å². The lowest BCUT2D eigenvalue weighted by atomic mass is 10.2. The van der Waals surface area contributed by atoms with Crippen molar-refractivity contribution in [2.45, 2.75) is 39.2 Å². The lowest BCUT2D eigenvalue weighted by Gasteiger charge is -2.09. The van der Waals surface area contributed by atoms with Crippen LogP contribution in [0.5, 0.6) is 0 Å². The summed E-state index contributed by atoms with van der Waals surface area (Å²) in [6, 6.07) is -0.211. The van der Waals surface area contributed by atoms with Crippen LogP contribution in [0.3, 0.4) is 0 Å². The van der Waals surface area contributed by atoms with Crippen molar-refractivity contribution in [1.82, 2.24) is 10.3 Å². The monoisotopic (exact) mass is 302 g/mol. The lowest BCUT2D eigenvalue weighted by Crippen LogP contribution is -2.35. The second-order valence-corrected chi connectivity index (χ2v) is 8.43. The minimum absolute atomic E-state index is 0.0776. The highest BCUT2D eigenvalue weighted by Gasteiger charge is 2.28. The maximum Gasteiger partial charge on any atom is 0.220 e. The van der Waals surface area contributed by atoms with Gasteiger partial charge < -0.3 is 5.32 Å². The van der Waals surface area contributed by atoms with Gasteiger partial charge in [-0.1, -0.05) is 0 Å². The number of hydrogen-bond acceptors (Lipinski definition) is 5. The molecular formula is C12H18N2O3S2. The van der Waals surface area contributed by atoms with Gasteiger partial charge in [0.1, 0.15) is 0 Å². The molecule has 1 unspecified atom stereocenters. The molecule has 1 atom stereocenters. The zero-order valence-corrected chi connectivity index (χ0v) is 12.7. The predicted molar refractivity (Wildman–Crippen MR) is 75.1 cm³/mol. The Morgan fingerprint density at radius 2 is 2.21 bits per heavy atom. The number of nitrogens with one attached hydrogen (secondary N) is 1. The van der Waals surface area contributed by atoms with Gasteiger partial charge in [-0.2, -0.15) is 0 Å². The van der Waals surface area contributed by atoms with E-state index in [-0.39, 0.29) is 23.5 Å². The number of hydrogen-bond donors (Lipinski definition) is 1. The zero-order valence-electron chi connectivity index (χ0n) is 11.1. The van der Waals surface area contributed by atoms with Crippen molar-refractivity contribution < 1.29 is 13.2 Å². The largest absolute Gasteiger partial charge is 0.352 e. The molecule has 2 heterocycles. The second-order valence-electron chi connectivity index (χ2n) is 4.92. The van der Waals surface area contributed by atoms with Crippen LogP contribution in [0.15, 0.2) is 0 Å². The van der Waals surface area contributed by atoms with Gasteiger partial charge in [-0.25, -0.2) is 13.4 Å². The molecule has 7 heteroatoms. The second kappa shape index (κ2) is 5.58. The number of aromatic nitrogens is 1. The van der Waals surface area contributed by atoms with Crippen LogP contribution >= 0.6 is 11.3 Å². The van der Waals surface area contributed by atoms with Crippen molar-refractivity contribution in [3.8, 4) is 0 Å². The topological polar surface area (TPSA) is 76.1 Å². The number of amides is 1. The Bertz CT molecular complexity index is 558. The van der Waals surface area contributed by atoms with Gasteiger partial charge in [-0.05, 0) is 20.3 Å². The van der Waals surface area contributed by atoms with E-state index in [1.54, 1.807) is 11.3 Å². The Morgan fingerprint density at radius 1 is 1.47 bits per heavy atom. The summed E-state index contributed by atoms with van der Waals surface area (Å²) in [5.74, 6) is 0.171. The Labute approximate surface area is 117 Å². The van der Waals surface area contributed by atoms with Crippen molar-refractivity contribution in [3.05, 3.63) is 15.6 Å². The molecule has 0 aliphatic carbocycles. The fourth-order valence-electron chi connectivity index (χ4n) is 2.08. The third-order valence-electron chi connectivity index (χ3n) is 3.24. The van der Waals surface area contributed by atoms with E-state index < -0.39 is 9.84 Å². The smallest absolute Gasteiger partial charge is 0.220 e. The van der Waals surface area contributed by atoms with E-state index in [1.807, 2.05) is 13.8 Å². The number of carbonyl (C=O) groups is 1. The Hall–Kier alpha value is -0.950. The first kappa shape index (κ1) is 14.5. The molecule has 1 aromatic heterocycles. The molecule has 1 N–H and O–H groups in total. The molecule has 2 rings (SSSR count). The lowest BCUT2D eigenvalue weighted by molar-refractivity contribution is -0.121. The molecule has 0 saturated carbocycles. The van der Waals surface area contributed by atoms with Crippen LogP contribution in [0.25, 0.3) is 0 Å². The van der Waals surface area contributed by atoms with E-state index >= 15 is 0 Å². The molecule has 19 heavy (non-hydrogen) atoms. The summed E-state index contributed by atoms with van der Waals surface area (Å²) < 4.78 is 22.6. The number of carbonyl (C=O) groups excluding carboxylic acids is 1. The molecule has 106 valence electrons. The molecular weight excluding hydrogens is 284 g/mol. The summed E-state index contributed by atoms with van der Waals surface area (Å²) in [5, 5.41) is 3.75. The van der Waals surface area contributed by atoms with E-state index in [1.165, 1.54) is 4.88 Å². The van der Waals surface area contributed by atoms with Crippen molar-refractivity contribution in [2.75, 3.05) is 11.5 Å². The van der Waals surface area contributed by atoms with E-state index in [0.717, 1.165) is 10.7 Å². The van der Waals surface area contributed by atoms with E-state index in [0.29, 0.717) is 19.3 Å². The van der Waals surface area contributed by atoms with Crippen molar-refractivity contribution in [1.29, 1.82) is 0 Å². The molecule has 1 aliphatic heterocycles. The highest BCUT2D eigenvalue weighted by Crippen LogP contribution is 2.18. The average Bonchev–Trinajstić information content (AvgIpc) is 2.80. The van der Waals surface area contributed by atoms with Crippen molar-refractivity contribution in [2.24, 2.45) is 0 Å². The normalized spacial score (nSPS) is 21.5. The van der Waals surface area contributed by atoms with Gasteiger partial charge in [0.2, 0.25) is 5.91 Å². The Balaban J connectivity index is 1.79. The minimum atomic E-state index is -2.94. The number of sulfone groups is 1. The van der Waals surface area contributed by atoms with Crippen molar-refractivity contribution >= 4 is 27.1 Å². The first-order chi connectivity index (χ1) is 8.85. The number of aryl methyl sites for hydroxylation is 3. The van der Waals surface area contributed by atoms with Crippen LogP contribution in [0.1, 0.15) is 28.4 Å². The maximum atomic E-state index is 11.7.